The number of aryl methyl sites for hydroxylation is 3. The Kier molecular flexibility index (Phi) is 7.66. The number of nitrogens with one attached hydrogen (secondary N) is 2. The second-order valence-electron chi connectivity index (χ2n) is 6.75. The predicted molar refractivity (Wildman–Crippen MR) is 113 cm³/mol. The summed E-state index contributed by atoms with van der Waals surface area (Å²) >= 11 is 6.12. The van der Waals surface area contributed by atoms with Crippen LogP contribution < -0.4 is 15.4 Å². The molecule has 0 aliphatic carbocycles. The predicted octanol–water partition coefficient (Wildman–Crippen LogP) is 4.39. The van der Waals surface area contributed by atoms with E-state index in [4.69, 9.17) is 16.3 Å². The minimum atomic E-state index is -0.287. The average Bonchev–Trinajstić information content (AvgIpc) is 2.62. The summed E-state index contributed by atoms with van der Waals surface area (Å²) in [5.41, 5.74) is 3.30. The maximum Gasteiger partial charge on any atom is 0.258 e. The molecule has 28 heavy (non-hydrogen) atoms. The fourth-order valence-corrected chi connectivity index (χ4v) is 3.28. The number of aliphatic hydroxyl groups is 1. The van der Waals surface area contributed by atoms with Crippen molar-refractivity contribution in [3.05, 3.63) is 45.6 Å². The summed E-state index contributed by atoms with van der Waals surface area (Å²) in [4.78, 5) is 17.3. The van der Waals surface area contributed by atoms with Gasteiger partial charge in [0.05, 0.1) is 12.3 Å². The van der Waals surface area contributed by atoms with Crippen LogP contribution in [0.15, 0.2) is 18.2 Å². The number of carbonyl (C=O) groups is 1. The third-order valence-corrected chi connectivity index (χ3v) is 4.59. The number of rotatable bonds is 8. The number of carbonyl (C=O) groups excluding carboxylic acids is 1. The lowest BCUT2D eigenvalue weighted by Crippen LogP contribution is -2.28. The number of hydrogen-bond acceptors (Lipinski definition) is 5. The maximum atomic E-state index is 12.8. The molecule has 0 bridgehead atoms. The number of aromatic nitrogens is 1. The molecule has 1 atom stereocenters. The van der Waals surface area contributed by atoms with Gasteiger partial charge in [-0.3, -0.25) is 4.79 Å². The molecule has 0 radical (unpaired) electrons. The summed E-state index contributed by atoms with van der Waals surface area (Å²) in [7, 11) is 0. The van der Waals surface area contributed by atoms with Crippen LogP contribution in [-0.4, -0.2) is 35.2 Å². The van der Waals surface area contributed by atoms with Crippen LogP contribution in [0.3, 0.4) is 0 Å². The SMILES string of the molecule is CCNC(=O)c1c(N[C@@H](CC)CO)cc(C)nc1Oc1c(C)cc(Cl)cc1C. The first-order valence-corrected chi connectivity index (χ1v) is 9.80. The quantitative estimate of drug-likeness (QED) is 0.606. The molecule has 6 nitrogen and oxygen atoms in total. The monoisotopic (exact) mass is 405 g/mol. The van der Waals surface area contributed by atoms with Crippen molar-refractivity contribution in [2.24, 2.45) is 0 Å². The zero-order chi connectivity index (χ0) is 20.8. The Balaban J connectivity index is 2.59. The molecule has 0 saturated carbocycles. The van der Waals surface area contributed by atoms with E-state index in [1.165, 1.54) is 0 Å². The lowest BCUT2D eigenvalue weighted by atomic mass is 10.1. The summed E-state index contributed by atoms with van der Waals surface area (Å²) in [5, 5.41) is 16.2. The standard InChI is InChI=1S/C21H28ClN3O3/c1-6-16(11-26)25-17-10-14(5)24-21(18(17)20(27)23-7-2)28-19-12(3)8-15(22)9-13(19)4/h8-10,16,26H,6-7,11H2,1-5H3,(H,23,27)(H,24,25)/t16-/m0/s1. The van der Waals surface area contributed by atoms with Gasteiger partial charge in [0.2, 0.25) is 5.88 Å². The van der Waals surface area contributed by atoms with Crippen LogP contribution >= 0.6 is 11.6 Å². The zero-order valence-electron chi connectivity index (χ0n) is 17.0. The maximum absolute atomic E-state index is 12.8. The lowest BCUT2D eigenvalue weighted by molar-refractivity contribution is 0.0953. The molecule has 7 heteroatoms. The van der Waals surface area contributed by atoms with Crippen molar-refractivity contribution >= 4 is 23.2 Å². The topological polar surface area (TPSA) is 83.5 Å². The van der Waals surface area contributed by atoms with Crippen molar-refractivity contribution in [1.29, 1.82) is 0 Å². The van der Waals surface area contributed by atoms with Crippen molar-refractivity contribution in [2.45, 2.75) is 47.1 Å². The third kappa shape index (κ3) is 5.14. The van der Waals surface area contributed by atoms with E-state index in [2.05, 4.69) is 15.6 Å². The van der Waals surface area contributed by atoms with E-state index in [1.54, 1.807) is 6.07 Å². The molecule has 3 N–H and O–H groups in total. The molecule has 152 valence electrons. The Morgan fingerprint density at radius 1 is 1.21 bits per heavy atom. The highest BCUT2D eigenvalue weighted by Gasteiger charge is 2.23. The van der Waals surface area contributed by atoms with Gasteiger partial charge >= 0.3 is 0 Å². The van der Waals surface area contributed by atoms with E-state index in [0.717, 1.165) is 11.1 Å². The Morgan fingerprint density at radius 3 is 2.39 bits per heavy atom. The van der Waals surface area contributed by atoms with Gasteiger partial charge in [-0.05, 0) is 63.4 Å². The van der Waals surface area contributed by atoms with Gasteiger partial charge in [0.1, 0.15) is 11.3 Å². The molecule has 1 aromatic heterocycles. The van der Waals surface area contributed by atoms with E-state index < -0.39 is 0 Å². The van der Waals surface area contributed by atoms with Crippen LogP contribution in [0.4, 0.5) is 5.69 Å². The van der Waals surface area contributed by atoms with Gasteiger partial charge in [-0.15, -0.1) is 0 Å². The van der Waals surface area contributed by atoms with E-state index in [9.17, 15) is 9.90 Å². The lowest BCUT2D eigenvalue weighted by Gasteiger charge is -2.21. The van der Waals surface area contributed by atoms with Gasteiger partial charge in [0.15, 0.2) is 0 Å². The fraction of sp³-hybridized carbons (Fsp3) is 0.429. The number of aliphatic hydroxyl groups excluding tert-OH is 1. The average molecular weight is 406 g/mol. The van der Waals surface area contributed by atoms with Crippen molar-refractivity contribution in [3.63, 3.8) is 0 Å². The Bertz CT molecular complexity index is 828. The Labute approximate surface area is 171 Å². The zero-order valence-corrected chi connectivity index (χ0v) is 17.8. The van der Waals surface area contributed by atoms with Crippen molar-refractivity contribution in [2.75, 3.05) is 18.5 Å². The highest BCUT2D eigenvalue weighted by molar-refractivity contribution is 6.30. The van der Waals surface area contributed by atoms with Crippen LogP contribution in [-0.2, 0) is 0 Å². The first-order valence-electron chi connectivity index (χ1n) is 9.42. The van der Waals surface area contributed by atoms with Gasteiger partial charge in [-0.1, -0.05) is 18.5 Å². The molecule has 0 saturated heterocycles. The fourth-order valence-electron chi connectivity index (χ4n) is 2.95. The van der Waals surface area contributed by atoms with E-state index in [1.807, 2.05) is 46.8 Å². The number of benzene rings is 1. The number of pyridine rings is 1. The smallest absolute Gasteiger partial charge is 0.258 e. The van der Waals surface area contributed by atoms with Gasteiger partial charge in [-0.2, -0.15) is 0 Å². The molecule has 2 aromatic rings. The molecule has 1 aromatic carbocycles. The molecule has 0 spiro atoms. The van der Waals surface area contributed by atoms with Crippen LogP contribution in [0.5, 0.6) is 11.6 Å². The molecule has 0 unspecified atom stereocenters. The molecule has 0 aliphatic rings. The Hall–Kier alpha value is -2.31. The minimum absolute atomic E-state index is 0.0434. The normalized spacial score (nSPS) is 11.8. The van der Waals surface area contributed by atoms with E-state index in [-0.39, 0.29) is 24.4 Å². The van der Waals surface area contributed by atoms with Gasteiger partial charge < -0.3 is 20.5 Å². The number of amides is 1. The van der Waals surface area contributed by atoms with Crippen LogP contribution in [0.25, 0.3) is 0 Å². The summed E-state index contributed by atoms with van der Waals surface area (Å²) in [6.07, 6.45) is 0.707. The third-order valence-electron chi connectivity index (χ3n) is 4.38. The molecular weight excluding hydrogens is 378 g/mol. The Morgan fingerprint density at radius 2 is 1.86 bits per heavy atom. The summed E-state index contributed by atoms with van der Waals surface area (Å²) in [5.74, 6) is 0.549. The molecule has 1 heterocycles. The largest absolute Gasteiger partial charge is 0.438 e. The van der Waals surface area contributed by atoms with Crippen molar-refractivity contribution in [3.8, 4) is 11.6 Å². The number of ether oxygens (including phenoxy) is 1. The first kappa shape index (κ1) is 22.0. The van der Waals surface area contributed by atoms with Crippen LogP contribution in [0.1, 0.15) is 47.4 Å². The molecule has 1 amide bonds. The second-order valence-corrected chi connectivity index (χ2v) is 7.19. The second kappa shape index (κ2) is 9.75. The van der Waals surface area contributed by atoms with Crippen molar-refractivity contribution in [1.82, 2.24) is 10.3 Å². The first-order chi connectivity index (χ1) is 13.3. The molecule has 0 aliphatic heterocycles. The number of halogens is 1. The summed E-state index contributed by atoms with van der Waals surface area (Å²) in [6, 6.07) is 5.23. The van der Waals surface area contributed by atoms with Gasteiger partial charge in [0.25, 0.3) is 5.91 Å². The van der Waals surface area contributed by atoms with Gasteiger partial charge in [-0.25, -0.2) is 4.98 Å². The number of nitrogens with zero attached hydrogens (tertiary/aromatic N) is 1. The van der Waals surface area contributed by atoms with Crippen LogP contribution in [0.2, 0.25) is 5.02 Å². The van der Waals surface area contributed by atoms with Crippen LogP contribution in [0, 0.1) is 20.8 Å². The van der Waals surface area contributed by atoms with E-state index >= 15 is 0 Å². The van der Waals surface area contributed by atoms with E-state index in [0.29, 0.717) is 40.7 Å². The molecular formula is C21H28ClN3O3. The molecule has 0 fully saturated rings. The number of hydrogen-bond donors (Lipinski definition) is 3. The van der Waals surface area contributed by atoms with Crippen molar-refractivity contribution < 1.29 is 14.6 Å². The highest BCUT2D eigenvalue weighted by Crippen LogP contribution is 2.35. The highest BCUT2D eigenvalue weighted by atomic mass is 35.5. The summed E-state index contributed by atoms with van der Waals surface area (Å²) in [6.45, 7) is 9.87. The molecule has 2 rings (SSSR count). The number of anilines is 1. The van der Waals surface area contributed by atoms with Gasteiger partial charge in [0, 0.05) is 23.3 Å². The summed E-state index contributed by atoms with van der Waals surface area (Å²) < 4.78 is 6.13. The minimum Gasteiger partial charge on any atom is -0.438 e.